The maximum absolute atomic E-state index is 14.2. The molecule has 2 aromatic heterocycles. The van der Waals surface area contributed by atoms with E-state index < -0.39 is 23.3 Å². The zero-order valence-corrected chi connectivity index (χ0v) is 16.4. The van der Waals surface area contributed by atoms with Crippen molar-refractivity contribution >= 4 is 11.9 Å². The number of aromatic hydroxyl groups is 1. The predicted molar refractivity (Wildman–Crippen MR) is 108 cm³/mol. The Morgan fingerprint density at radius 2 is 2.06 bits per heavy atom. The van der Waals surface area contributed by atoms with Gasteiger partial charge in [-0.25, -0.2) is 13.8 Å². The van der Waals surface area contributed by atoms with Gasteiger partial charge >= 0.3 is 0 Å². The number of pyridine rings is 1. The number of halogens is 2. The zero-order chi connectivity index (χ0) is 22.0. The number of alkyl halides is 1. The van der Waals surface area contributed by atoms with Crippen LogP contribution in [-0.2, 0) is 16.6 Å². The van der Waals surface area contributed by atoms with Crippen molar-refractivity contribution in [2.75, 3.05) is 11.9 Å². The quantitative estimate of drug-likeness (QED) is 0.529. The minimum absolute atomic E-state index is 0.0233. The summed E-state index contributed by atoms with van der Waals surface area (Å²) >= 11 is 0. The first kappa shape index (κ1) is 20.6. The monoisotopic (exact) mass is 426 g/mol. The summed E-state index contributed by atoms with van der Waals surface area (Å²) in [6, 6.07) is 7.42. The fourth-order valence-electron chi connectivity index (χ4n) is 3.81. The van der Waals surface area contributed by atoms with Crippen LogP contribution in [0.25, 0.3) is 11.3 Å². The maximum Gasteiger partial charge on any atom is 0.242 e. The summed E-state index contributed by atoms with van der Waals surface area (Å²) < 4.78 is 27.9. The first-order valence-corrected chi connectivity index (χ1v) is 9.65. The fourth-order valence-corrected chi connectivity index (χ4v) is 3.81. The summed E-state index contributed by atoms with van der Waals surface area (Å²) in [5.74, 6) is -0.838. The van der Waals surface area contributed by atoms with Gasteiger partial charge in [-0.15, -0.1) is 10.2 Å². The Labute approximate surface area is 176 Å². The number of nitrogens with two attached hydrogens (primary N) is 1. The third-order valence-electron chi connectivity index (χ3n) is 5.35. The van der Waals surface area contributed by atoms with Gasteiger partial charge in [0.25, 0.3) is 0 Å². The lowest BCUT2D eigenvalue weighted by Gasteiger charge is -2.43. The van der Waals surface area contributed by atoms with Gasteiger partial charge in [0.2, 0.25) is 11.9 Å². The van der Waals surface area contributed by atoms with Crippen molar-refractivity contribution in [2.24, 2.45) is 5.73 Å². The van der Waals surface area contributed by atoms with Crippen LogP contribution in [-0.4, -0.2) is 43.9 Å². The van der Waals surface area contributed by atoms with E-state index in [-0.39, 0.29) is 43.2 Å². The van der Waals surface area contributed by atoms with Gasteiger partial charge in [0.15, 0.2) is 0 Å². The molecule has 31 heavy (non-hydrogen) atoms. The molecule has 1 aliphatic rings. The highest BCUT2D eigenvalue weighted by molar-refractivity contribution is 5.78. The molecule has 0 bridgehead atoms. The molecule has 2 heterocycles. The summed E-state index contributed by atoms with van der Waals surface area (Å²) in [4.78, 5) is 19.4. The number of carbonyl (C=O) groups excluding carboxylic acids is 1. The second-order valence-electron chi connectivity index (χ2n) is 7.63. The van der Waals surface area contributed by atoms with Gasteiger partial charge in [0.05, 0.1) is 18.3 Å². The molecule has 1 amide bonds. The molecule has 1 aliphatic carbocycles. The predicted octanol–water partition coefficient (Wildman–Crippen LogP) is 2.29. The van der Waals surface area contributed by atoms with Crippen LogP contribution in [0.1, 0.15) is 24.1 Å². The van der Waals surface area contributed by atoms with Crippen LogP contribution in [0.3, 0.4) is 0 Å². The summed E-state index contributed by atoms with van der Waals surface area (Å²) in [6.07, 6.45) is 2.21. The molecule has 4 rings (SSSR count). The van der Waals surface area contributed by atoms with E-state index in [1.165, 1.54) is 30.6 Å². The Morgan fingerprint density at radius 3 is 2.71 bits per heavy atom. The average Bonchev–Trinajstić information content (AvgIpc) is 2.72. The van der Waals surface area contributed by atoms with Gasteiger partial charge in [0.1, 0.15) is 23.4 Å². The molecule has 0 aliphatic heterocycles. The average molecular weight is 426 g/mol. The molecule has 1 saturated carbocycles. The van der Waals surface area contributed by atoms with Gasteiger partial charge < -0.3 is 16.2 Å². The number of carbonyl (C=O) groups is 1. The number of anilines is 1. The number of nitrogens with zero attached hydrogens (tertiary/aromatic N) is 4. The smallest absolute Gasteiger partial charge is 0.242 e. The van der Waals surface area contributed by atoms with E-state index in [0.29, 0.717) is 16.8 Å². The topological polar surface area (TPSA) is 127 Å². The highest BCUT2D eigenvalue weighted by atomic mass is 19.1. The largest absolute Gasteiger partial charge is 0.507 e. The first-order valence-electron chi connectivity index (χ1n) is 9.65. The molecule has 0 saturated heterocycles. The van der Waals surface area contributed by atoms with Crippen molar-refractivity contribution in [3.05, 3.63) is 59.8 Å². The number of nitrogens with one attached hydrogen (secondary N) is 1. The van der Waals surface area contributed by atoms with Gasteiger partial charge in [-0.3, -0.25) is 9.78 Å². The first-order chi connectivity index (χ1) is 14.9. The van der Waals surface area contributed by atoms with Crippen molar-refractivity contribution in [3.8, 4) is 17.0 Å². The molecule has 0 radical (unpaired) electrons. The minimum atomic E-state index is -1.01. The molecular weight excluding hydrogens is 406 g/mol. The van der Waals surface area contributed by atoms with Crippen molar-refractivity contribution in [1.82, 2.24) is 20.2 Å². The fraction of sp³-hybridized carbons (Fsp3) is 0.286. The molecule has 0 atom stereocenters. The molecule has 4 N–H and O–H groups in total. The highest BCUT2D eigenvalue weighted by Crippen LogP contribution is 2.45. The van der Waals surface area contributed by atoms with E-state index in [0.717, 1.165) is 0 Å². The summed E-state index contributed by atoms with van der Waals surface area (Å²) in [5.41, 5.74) is 5.93. The van der Waals surface area contributed by atoms with Crippen LogP contribution < -0.4 is 11.1 Å². The third kappa shape index (κ3) is 4.27. The Balaban J connectivity index is 1.50. The Morgan fingerprint density at radius 1 is 1.26 bits per heavy atom. The van der Waals surface area contributed by atoms with Crippen LogP contribution in [0.15, 0.2) is 42.7 Å². The number of hydrogen-bond donors (Lipinski definition) is 3. The minimum Gasteiger partial charge on any atom is -0.507 e. The third-order valence-corrected chi connectivity index (χ3v) is 5.35. The molecule has 1 fully saturated rings. The molecule has 1 aromatic carbocycles. The number of phenolic OH excluding ortho intramolecular Hbond substituents is 1. The second-order valence-corrected chi connectivity index (χ2v) is 7.63. The van der Waals surface area contributed by atoms with Crippen LogP contribution in [0, 0.1) is 5.82 Å². The number of benzene rings is 1. The number of phenols is 1. The Hall–Kier alpha value is -3.69. The maximum atomic E-state index is 14.2. The van der Waals surface area contributed by atoms with Crippen molar-refractivity contribution < 1.29 is 18.7 Å². The van der Waals surface area contributed by atoms with Crippen LogP contribution in [0.4, 0.5) is 14.7 Å². The zero-order valence-electron chi connectivity index (χ0n) is 16.4. The molecule has 3 aromatic rings. The summed E-state index contributed by atoms with van der Waals surface area (Å²) in [5, 5.41) is 21.2. The second kappa shape index (κ2) is 8.21. The molecule has 0 unspecified atom stereocenters. The lowest BCUT2D eigenvalue weighted by molar-refractivity contribution is -0.117. The van der Waals surface area contributed by atoms with Gasteiger partial charge in [-0.2, -0.15) is 0 Å². The summed E-state index contributed by atoms with van der Waals surface area (Å²) in [6.45, 7) is 0.196. The van der Waals surface area contributed by atoms with Gasteiger partial charge in [0, 0.05) is 23.7 Å². The van der Waals surface area contributed by atoms with Gasteiger partial charge in [-0.05, 0) is 42.7 Å². The van der Waals surface area contributed by atoms with Crippen molar-refractivity contribution in [2.45, 2.75) is 30.8 Å². The number of primary amides is 1. The van der Waals surface area contributed by atoms with Crippen LogP contribution in [0.5, 0.6) is 5.75 Å². The lowest BCUT2D eigenvalue weighted by atomic mass is 9.65. The standard InChI is InChI=1S/C21H20F2N6O2/c22-13-8-21(9-13,19-15(23)2-1-5-25-19)11-27-20-26-10-16(28-29-20)14-6-12(7-18(24)31)3-4-17(14)30/h1-6,10,13,30H,7-9,11H2,(H2,24,31)(H,26,27,29). The van der Waals surface area contributed by atoms with E-state index in [1.54, 1.807) is 12.1 Å². The normalized spacial score (nSPS) is 20.1. The molecule has 0 spiro atoms. The lowest BCUT2D eigenvalue weighted by Crippen LogP contribution is -2.49. The van der Waals surface area contributed by atoms with Crippen molar-refractivity contribution in [1.29, 1.82) is 0 Å². The van der Waals surface area contributed by atoms with Crippen LogP contribution >= 0.6 is 0 Å². The number of aromatic nitrogens is 4. The number of hydrogen-bond acceptors (Lipinski definition) is 7. The molecule has 10 heteroatoms. The SMILES string of the molecule is NC(=O)Cc1ccc(O)c(-c2cnc(NCC3(c4ncccc4F)CC(F)C3)nn2)c1. The van der Waals surface area contributed by atoms with E-state index in [1.807, 2.05) is 0 Å². The molecular formula is C21H20F2N6O2. The van der Waals surface area contributed by atoms with Crippen molar-refractivity contribution in [3.63, 3.8) is 0 Å². The van der Waals surface area contributed by atoms with Gasteiger partial charge in [-0.1, -0.05) is 6.07 Å². The van der Waals surface area contributed by atoms with Crippen LogP contribution in [0.2, 0.25) is 0 Å². The van der Waals surface area contributed by atoms with E-state index >= 15 is 0 Å². The number of amides is 1. The Bertz CT molecular complexity index is 1100. The number of rotatable bonds is 7. The molecule has 8 nitrogen and oxygen atoms in total. The summed E-state index contributed by atoms with van der Waals surface area (Å²) in [7, 11) is 0. The van der Waals surface area contributed by atoms with E-state index in [2.05, 4.69) is 25.5 Å². The Kier molecular flexibility index (Phi) is 5.45. The van der Waals surface area contributed by atoms with E-state index in [4.69, 9.17) is 5.73 Å². The highest BCUT2D eigenvalue weighted by Gasteiger charge is 2.48. The van der Waals surface area contributed by atoms with E-state index in [9.17, 15) is 18.7 Å². The molecule has 160 valence electrons.